The van der Waals surface area contributed by atoms with Crippen molar-refractivity contribution in [2.24, 2.45) is 0 Å². The van der Waals surface area contributed by atoms with Crippen molar-refractivity contribution in [1.29, 1.82) is 5.26 Å². The highest BCUT2D eigenvalue weighted by atomic mass is 16.5. The molecule has 0 aliphatic carbocycles. The van der Waals surface area contributed by atoms with Gasteiger partial charge in [-0.25, -0.2) is 0 Å². The van der Waals surface area contributed by atoms with Gasteiger partial charge >= 0.3 is 0 Å². The van der Waals surface area contributed by atoms with Gasteiger partial charge in [0.05, 0.1) is 18.9 Å². The highest BCUT2D eigenvalue weighted by Crippen LogP contribution is 2.27. The highest BCUT2D eigenvalue weighted by Gasteiger charge is 2.07. The first-order chi connectivity index (χ1) is 6.69. The van der Waals surface area contributed by atoms with Gasteiger partial charge in [-0.3, -0.25) is 0 Å². The number of rotatable bonds is 3. The molecule has 3 heteroatoms. The van der Waals surface area contributed by atoms with Crippen molar-refractivity contribution in [3.05, 3.63) is 23.8 Å². The number of hydrogen-bond donors (Lipinski definition) is 0. The number of nitrogens with zero attached hydrogens (tertiary/aromatic N) is 2. The number of hydrogen-bond acceptors (Lipinski definition) is 3. The zero-order chi connectivity index (χ0) is 10.6. The van der Waals surface area contributed by atoms with Crippen molar-refractivity contribution >= 4 is 5.69 Å². The van der Waals surface area contributed by atoms with Crippen LogP contribution in [0.2, 0.25) is 0 Å². The summed E-state index contributed by atoms with van der Waals surface area (Å²) in [6.45, 7) is 2.38. The van der Waals surface area contributed by atoms with E-state index in [1.165, 1.54) is 0 Å². The SMILES string of the molecule is COc1ccc(C)cc1N(C)CC#N. The van der Waals surface area contributed by atoms with Crippen LogP contribution in [0, 0.1) is 18.3 Å². The maximum absolute atomic E-state index is 8.60. The molecule has 0 aliphatic rings. The van der Waals surface area contributed by atoms with E-state index in [-0.39, 0.29) is 0 Å². The van der Waals surface area contributed by atoms with Crippen molar-refractivity contribution in [3.8, 4) is 11.8 Å². The Hall–Kier alpha value is -1.69. The van der Waals surface area contributed by atoms with E-state index >= 15 is 0 Å². The quantitative estimate of drug-likeness (QED) is 0.683. The van der Waals surface area contributed by atoms with E-state index in [0.717, 1.165) is 17.0 Å². The van der Waals surface area contributed by atoms with Gasteiger partial charge in [0, 0.05) is 7.05 Å². The molecule has 0 saturated heterocycles. The van der Waals surface area contributed by atoms with Gasteiger partial charge in [0.15, 0.2) is 0 Å². The third-order valence-electron chi connectivity index (χ3n) is 2.05. The van der Waals surface area contributed by atoms with Crippen molar-refractivity contribution < 1.29 is 4.74 Å². The maximum Gasteiger partial charge on any atom is 0.142 e. The van der Waals surface area contributed by atoms with Gasteiger partial charge in [0.2, 0.25) is 0 Å². The summed E-state index contributed by atoms with van der Waals surface area (Å²) in [6, 6.07) is 8.02. The van der Waals surface area contributed by atoms with Gasteiger partial charge in [0.25, 0.3) is 0 Å². The van der Waals surface area contributed by atoms with E-state index in [9.17, 15) is 0 Å². The first kappa shape index (κ1) is 10.4. The topological polar surface area (TPSA) is 36.3 Å². The van der Waals surface area contributed by atoms with Crippen LogP contribution in [-0.2, 0) is 0 Å². The molecule has 0 N–H and O–H groups in total. The lowest BCUT2D eigenvalue weighted by Crippen LogP contribution is -2.17. The average Bonchev–Trinajstić information content (AvgIpc) is 2.18. The molecule has 1 aromatic rings. The van der Waals surface area contributed by atoms with E-state index in [0.29, 0.717) is 6.54 Å². The molecule has 0 aliphatic heterocycles. The van der Waals surface area contributed by atoms with Crippen LogP contribution in [0.1, 0.15) is 5.56 Å². The fraction of sp³-hybridized carbons (Fsp3) is 0.364. The zero-order valence-electron chi connectivity index (χ0n) is 8.74. The first-order valence-electron chi connectivity index (χ1n) is 4.41. The fourth-order valence-corrected chi connectivity index (χ4v) is 1.29. The largest absolute Gasteiger partial charge is 0.495 e. The predicted octanol–water partition coefficient (Wildman–Crippen LogP) is 1.96. The van der Waals surface area contributed by atoms with Crippen LogP contribution in [0.3, 0.4) is 0 Å². The van der Waals surface area contributed by atoms with Crippen molar-refractivity contribution in [1.82, 2.24) is 0 Å². The van der Waals surface area contributed by atoms with Crippen molar-refractivity contribution in [2.75, 3.05) is 25.6 Å². The molecular formula is C11H14N2O. The molecule has 0 bridgehead atoms. The molecule has 14 heavy (non-hydrogen) atoms. The molecule has 0 atom stereocenters. The Morgan fingerprint density at radius 2 is 2.21 bits per heavy atom. The summed E-state index contributed by atoms with van der Waals surface area (Å²) >= 11 is 0. The first-order valence-corrected chi connectivity index (χ1v) is 4.41. The van der Waals surface area contributed by atoms with Gasteiger partial charge in [0.1, 0.15) is 12.3 Å². The van der Waals surface area contributed by atoms with Crippen LogP contribution in [0.4, 0.5) is 5.69 Å². The normalized spacial score (nSPS) is 9.29. The molecule has 3 nitrogen and oxygen atoms in total. The van der Waals surface area contributed by atoms with Crippen LogP contribution in [0.25, 0.3) is 0 Å². The standard InChI is InChI=1S/C11H14N2O/c1-9-4-5-11(14-3)10(8-9)13(2)7-6-12/h4-5,8H,7H2,1-3H3. The molecule has 0 aromatic heterocycles. The molecule has 0 radical (unpaired) electrons. The molecule has 0 spiro atoms. The number of aryl methyl sites for hydroxylation is 1. The van der Waals surface area contributed by atoms with Gasteiger partial charge in [-0.1, -0.05) is 6.07 Å². The predicted molar refractivity (Wildman–Crippen MR) is 56.6 cm³/mol. The van der Waals surface area contributed by atoms with Crippen LogP contribution in [-0.4, -0.2) is 20.7 Å². The third kappa shape index (κ3) is 2.17. The summed E-state index contributed by atoms with van der Waals surface area (Å²) in [4.78, 5) is 1.87. The zero-order valence-corrected chi connectivity index (χ0v) is 8.74. The lowest BCUT2D eigenvalue weighted by molar-refractivity contribution is 0.415. The molecular weight excluding hydrogens is 176 g/mol. The lowest BCUT2D eigenvalue weighted by Gasteiger charge is -2.18. The van der Waals surface area contributed by atoms with E-state index in [1.807, 2.05) is 37.1 Å². The highest BCUT2D eigenvalue weighted by molar-refractivity contribution is 5.59. The second-order valence-electron chi connectivity index (χ2n) is 3.19. The minimum atomic E-state index is 0.361. The molecule has 0 amide bonds. The average molecular weight is 190 g/mol. The van der Waals surface area contributed by atoms with Gasteiger partial charge < -0.3 is 9.64 Å². The van der Waals surface area contributed by atoms with Crippen molar-refractivity contribution in [3.63, 3.8) is 0 Å². The Labute approximate surface area is 84.5 Å². The summed E-state index contributed by atoms with van der Waals surface area (Å²) in [5, 5.41) is 8.60. The molecule has 1 rings (SSSR count). The van der Waals surface area contributed by atoms with Crippen LogP contribution < -0.4 is 9.64 Å². The number of benzene rings is 1. The van der Waals surface area contributed by atoms with Crippen LogP contribution in [0.15, 0.2) is 18.2 Å². The van der Waals surface area contributed by atoms with Crippen molar-refractivity contribution in [2.45, 2.75) is 6.92 Å². The maximum atomic E-state index is 8.60. The Morgan fingerprint density at radius 3 is 2.79 bits per heavy atom. The lowest BCUT2D eigenvalue weighted by atomic mass is 10.2. The van der Waals surface area contributed by atoms with Gasteiger partial charge in [-0.05, 0) is 24.6 Å². The minimum absolute atomic E-state index is 0.361. The van der Waals surface area contributed by atoms with E-state index < -0.39 is 0 Å². The molecule has 0 saturated carbocycles. The second kappa shape index (κ2) is 4.52. The van der Waals surface area contributed by atoms with E-state index in [4.69, 9.17) is 10.00 Å². The van der Waals surface area contributed by atoms with Gasteiger partial charge in [-0.2, -0.15) is 5.26 Å². The monoisotopic (exact) mass is 190 g/mol. The summed E-state index contributed by atoms with van der Waals surface area (Å²) in [7, 11) is 3.51. The van der Waals surface area contributed by atoms with Crippen LogP contribution in [0.5, 0.6) is 5.75 Å². The minimum Gasteiger partial charge on any atom is -0.495 e. The smallest absolute Gasteiger partial charge is 0.142 e. The molecule has 1 aromatic carbocycles. The number of nitriles is 1. The van der Waals surface area contributed by atoms with E-state index in [2.05, 4.69) is 6.07 Å². The molecule has 0 fully saturated rings. The number of ether oxygens (including phenoxy) is 1. The van der Waals surface area contributed by atoms with E-state index in [1.54, 1.807) is 7.11 Å². The molecule has 0 unspecified atom stereocenters. The Kier molecular flexibility index (Phi) is 3.35. The third-order valence-corrected chi connectivity index (χ3v) is 2.05. The molecule has 74 valence electrons. The summed E-state index contributed by atoms with van der Waals surface area (Å²) in [6.07, 6.45) is 0. The second-order valence-corrected chi connectivity index (χ2v) is 3.19. The summed E-state index contributed by atoms with van der Waals surface area (Å²) < 4.78 is 5.22. The summed E-state index contributed by atoms with van der Waals surface area (Å²) in [5.41, 5.74) is 2.11. The summed E-state index contributed by atoms with van der Waals surface area (Å²) in [5.74, 6) is 0.799. The Morgan fingerprint density at radius 1 is 1.50 bits per heavy atom. The molecule has 0 heterocycles. The fourth-order valence-electron chi connectivity index (χ4n) is 1.29. The van der Waals surface area contributed by atoms with Crippen LogP contribution >= 0.6 is 0 Å². The Balaban J connectivity index is 3.04. The van der Waals surface area contributed by atoms with Gasteiger partial charge in [-0.15, -0.1) is 0 Å². The Bertz CT molecular complexity index is 355. The number of anilines is 1. The number of methoxy groups -OCH3 is 1.